The number of nitrogens with zero attached hydrogens (tertiary/aromatic N) is 2. The smallest absolute Gasteiger partial charge is 0.316 e. The van der Waals surface area contributed by atoms with Crippen molar-refractivity contribution in [3.05, 3.63) is 22.9 Å². The molecule has 0 atom stereocenters. The van der Waals surface area contributed by atoms with Crippen LogP contribution in [-0.2, 0) is 29.2 Å². The lowest BCUT2D eigenvalue weighted by Crippen LogP contribution is -2.35. The standard InChI is InChI=1S/C21H32N2O6S3/c1-5-7-9-31(25,26)14-18(15-32(27,28)10-8-6-2)29-20(24)13-30-21-19(12-22)16(3)11-17(4)23-21/h11,18H,5-10,13-15H2,1-4H3. The molecule has 0 aromatic carbocycles. The SMILES string of the molecule is CCCCS(=O)(=O)CC(CS(=O)(=O)CCCC)OC(=O)CSc1nc(C)cc(C)c1C#N. The fourth-order valence-electron chi connectivity index (χ4n) is 2.97. The molecular weight excluding hydrogens is 472 g/mol. The molecule has 0 fully saturated rings. The summed E-state index contributed by atoms with van der Waals surface area (Å²) < 4.78 is 54.8. The van der Waals surface area contributed by atoms with Crippen LogP contribution in [-0.4, -0.2) is 62.7 Å². The molecule has 1 aromatic rings. The summed E-state index contributed by atoms with van der Waals surface area (Å²) in [4.78, 5) is 16.7. The first-order valence-corrected chi connectivity index (χ1v) is 15.2. The van der Waals surface area contributed by atoms with E-state index in [1.54, 1.807) is 19.9 Å². The number of esters is 1. The fourth-order valence-corrected chi connectivity index (χ4v) is 7.29. The lowest BCUT2D eigenvalue weighted by Gasteiger charge is -2.18. The van der Waals surface area contributed by atoms with Crippen LogP contribution in [0.15, 0.2) is 11.1 Å². The van der Waals surface area contributed by atoms with Crippen molar-refractivity contribution < 1.29 is 26.4 Å². The van der Waals surface area contributed by atoms with Gasteiger partial charge in [0, 0.05) is 5.69 Å². The average Bonchev–Trinajstić information content (AvgIpc) is 2.68. The minimum absolute atomic E-state index is 0.0840. The predicted octanol–water partition coefficient (Wildman–Crippen LogP) is 3.00. The Hall–Kier alpha value is -1.64. The Kier molecular flexibility index (Phi) is 11.7. The second-order valence-electron chi connectivity index (χ2n) is 7.71. The monoisotopic (exact) mass is 504 g/mol. The Balaban J connectivity index is 2.94. The van der Waals surface area contributed by atoms with Gasteiger partial charge in [0.1, 0.15) is 17.2 Å². The second-order valence-corrected chi connectivity index (χ2v) is 13.1. The van der Waals surface area contributed by atoms with E-state index in [4.69, 9.17) is 4.74 Å². The van der Waals surface area contributed by atoms with Gasteiger partial charge < -0.3 is 4.74 Å². The number of sulfone groups is 2. The van der Waals surface area contributed by atoms with Gasteiger partial charge in [0.25, 0.3) is 0 Å². The highest BCUT2D eigenvalue weighted by Crippen LogP contribution is 2.24. The summed E-state index contributed by atoms with van der Waals surface area (Å²) in [6.07, 6.45) is 1.00. The van der Waals surface area contributed by atoms with Crippen molar-refractivity contribution in [2.45, 2.75) is 64.5 Å². The van der Waals surface area contributed by atoms with Crippen LogP contribution in [0.1, 0.15) is 56.4 Å². The van der Waals surface area contributed by atoms with Gasteiger partial charge in [-0.1, -0.05) is 38.5 Å². The van der Waals surface area contributed by atoms with E-state index in [0.717, 1.165) is 17.3 Å². The number of hydrogen-bond donors (Lipinski definition) is 0. The minimum Gasteiger partial charge on any atom is -0.460 e. The van der Waals surface area contributed by atoms with Crippen LogP contribution in [0.3, 0.4) is 0 Å². The van der Waals surface area contributed by atoms with Gasteiger partial charge in [-0.05, 0) is 38.3 Å². The van der Waals surface area contributed by atoms with Crippen LogP contribution in [0.2, 0.25) is 0 Å². The van der Waals surface area contributed by atoms with Gasteiger partial charge >= 0.3 is 5.97 Å². The molecule has 0 radical (unpaired) electrons. The van der Waals surface area contributed by atoms with Crippen molar-refractivity contribution in [2.24, 2.45) is 0 Å². The Morgan fingerprint density at radius 1 is 1.09 bits per heavy atom. The normalized spacial score (nSPS) is 12.0. The van der Waals surface area contributed by atoms with Crippen molar-refractivity contribution >= 4 is 37.4 Å². The third-order valence-electron chi connectivity index (χ3n) is 4.55. The zero-order valence-electron chi connectivity index (χ0n) is 19.1. The first-order valence-electron chi connectivity index (χ1n) is 10.5. The number of carbonyl (C=O) groups is 1. The fraction of sp³-hybridized carbons (Fsp3) is 0.667. The van der Waals surface area contributed by atoms with E-state index in [-0.39, 0.29) is 17.3 Å². The third-order valence-corrected chi connectivity index (χ3v) is 9.08. The van der Waals surface area contributed by atoms with Gasteiger partial charge in [0.05, 0.1) is 34.3 Å². The topological polar surface area (TPSA) is 131 Å². The number of pyridine rings is 1. The highest BCUT2D eigenvalue weighted by molar-refractivity contribution is 8.00. The Morgan fingerprint density at radius 3 is 2.09 bits per heavy atom. The molecule has 0 aliphatic heterocycles. The zero-order chi connectivity index (χ0) is 24.4. The number of ether oxygens (including phenoxy) is 1. The van der Waals surface area contributed by atoms with E-state index in [9.17, 15) is 26.9 Å². The Labute approximate surface area is 196 Å². The van der Waals surface area contributed by atoms with Gasteiger partial charge in [-0.15, -0.1) is 0 Å². The van der Waals surface area contributed by atoms with Crippen LogP contribution < -0.4 is 0 Å². The lowest BCUT2D eigenvalue weighted by atomic mass is 10.1. The molecule has 1 aromatic heterocycles. The summed E-state index contributed by atoms with van der Waals surface area (Å²) in [5, 5.41) is 9.72. The van der Waals surface area contributed by atoms with Crippen molar-refractivity contribution in [2.75, 3.05) is 28.8 Å². The van der Waals surface area contributed by atoms with Crippen LogP contribution in [0.25, 0.3) is 0 Å². The summed E-state index contributed by atoms with van der Waals surface area (Å²) in [5.74, 6) is -2.19. The van der Waals surface area contributed by atoms with E-state index < -0.39 is 43.3 Å². The Morgan fingerprint density at radius 2 is 1.62 bits per heavy atom. The number of unbranched alkanes of at least 4 members (excludes halogenated alkanes) is 2. The highest BCUT2D eigenvalue weighted by atomic mass is 32.2. The number of aryl methyl sites for hydroxylation is 2. The largest absolute Gasteiger partial charge is 0.460 e. The molecule has 0 saturated heterocycles. The molecule has 1 rings (SSSR count). The molecule has 32 heavy (non-hydrogen) atoms. The molecule has 0 aliphatic carbocycles. The van der Waals surface area contributed by atoms with Crippen LogP contribution in [0.4, 0.5) is 0 Å². The van der Waals surface area contributed by atoms with Crippen molar-refractivity contribution in [3.63, 3.8) is 0 Å². The number of carbonyl (C=O) groups excluding carboxylic acids is 1. The van der Waals surface area contributed by atoms with Crippen molar-refractivity contribution in [1.82, 2.24) is 4.98 Å². The molecular formula is C21H32N2O6S3. The van der Waals surface area contributed by atoms with E-state index in [0.29, 0.717) is 42.0 Å². The summed E-state index contributed by atoms with van der Waals surface area (Å²) >= 11 is 1.01. The molecule has 180 valence electrons. The maximum atomic E-state index is 12.5. The molecule has 0 amide bonds. The van der Waals surface area contributed by atoms with Crippen molar-refractivity contribution in [3.8, 4) is 6.07 Å². The van der Waals surface area contributed by atoms with E-state index in [1.807, 2.05) is 13.8 Å². The summed E-state index contributed by atoms with van der Waals surface area (Å²) in [6, 6.07) is 3.83. The molecule has 0 N–H and O–H groups in total. The minimum atomic E-state index is -3.57. The lowest BCUT2D eigenvalue weighted by molar-refractivity contribution is -0.143. The van der Waals surface area contributed by atoms with Crippen LogP contribution in [0.5, 0.6) is 0 Å². The van der Waals surface area contributed by atoms with Crippen molar-refractivity contribution in [1.29, 1.82) is 5.26 Å². The number of hydrogen-bond acceptors (Lipinski definition) is 9. The maximum Gasteiger partial charge on any atom is 0.316 e. The molecule has 0 aliphatic rings. The third kappa shape index (κ3) is 10.3. The summed E-state index contributed by atoms with van der Waals surface area (Å²) in [6.45, 7) is 7.26. The number of nitriles is 1. The van der Waals surface area contributed by atoms with Gasteiger partial charge in [0.2, 0.25) is 0 Å². The number of thioether (sulfide) groups is 1. The van der Waals surface area contributed by atoms with Crippen LogP contribution >= 0.6 is 11.8 Å². The number of rotatable bonds is 14. The predicted molar refractivity (Wildman–Crippen MR) is 126 cm³/mol. The summed E-state index contributed by atoms with van der Waals surface area (Å²) in [7, 11) is -7.15. The van der Waals surface area contributed by atoms with E-state index in [2.05, 4.69) is 11.1 Å². The molecule has 0 unspecified atom stereocenters. The van der Waals surface area contributed by atoms with Gasteiger partial charge in [-0.3, -0.25) is 4.79 Å². The van der Waals surface area contributed by atoms with Gasteiger partial charge in [0.15, 0.2) is 19.7 Å². The number of aromatic nitrogens is 1. The second kappa shape index (κ2) is 13.2. The molecule has 8 nitrogen and oxygen atoms in total. The highest BCUT2D eigenvalue weighted by Gasteiger charge is 2.28. The average molecular weight is 505 g/mol. The molecule has 0 bridgehead atoms. The van der Waals surface area contributed by atoms with Gasteiger partial charge in [-0.2, -0.15) is 5.26 Å². The quantitative estimate of drug-likeness (QED) is 0.277. The molecule has 11 heteroatoms. The summed E-state index contributed by atoms with van der Waals surface area (Å²) in [5.41, 5.74) is 1.78. The maximum absolute atomic E-state index is 12.5. The van der Waals surface area contributed by atoms with E-state index in [1.165, 1.54) is 0 Å². The zero-order valence-corrected chi connectivity index (χ0v) is 21.5. The molecule has 0 saturated carbocycles. The Bertz CT molecular complexity index is 990. The molecule has 1 heterocycles. The first-order chi connectivity index (χ1) is 14.9. The van der Waals surface area contributed by atoms with E-state index >= 15 is 0 Å². The molecule has 0 spiro atoms. The first kappa shape index (κ1) is 28.4. The van der Waals surface area contributed by atoms with Gasteiger partial charge in [-0.25, -0.2) is 21.8 Å². The van der Waals surface area contributed by atoms with Crippen LogP contribution in [0, 0.1) is 25.2 Å².